The molecule has 1 aromatic heterocycles. The molecule has 43 heavy (non-hydrogen) atoms. The molecule has 1 saturated heterocycles. The van der Waals surface area contributed by atoms with Crippen molar-refractivity contribution in [3.05, 3.63) is 75.5 Å². The molecular formula is C33H38FN3O6. The van der Waals surface area contributed by atoms with Gasteiger partial charge in [0.25, 0.3) is 11.5 Å². The summed E-state index contributed by atoms with van der Waals surface area (Å²) in [6.45, 7) is 8.59. The Bertz CT molecular complexity index is 1610. The highest BCUT2D eigenvalue weighted by atomic mass is 19.1. The monoisotopic (exact) mass is 591 g/mol. The van der Waals surface area contributed by atoms with Crippen LogP contribution in [0.3, 0.4) is 0 Å². The molecule has 1 aliphatic heterocycles. The molecule has 228 valence electrons. The SMILES string of the molecule is Cc1cc(F)cc(C)c1Oc1ccc(C(C)(C)O)cc1-c1cn(C)c(=O)cc1O[C@H]1CC[C@H](N2C(=O)N[C@H](C)C2=O)CC1. The number of pyridine rings is 1. The van der Waals surface area contributed by atoms with E-state index in [1.807, 2.05) is 6.07 Å². The number of urea groups is 1. The van der Waals surface area contributed by atoms with Crippen LogP contribution in [0.1, 0.15) is 63.1 Å². The number of imide groups is 1. The maximum atomic E-state index is 14.0. The van der Waals surface area contributed by atoms with E-state index >= 15 is 0 Å². The van der Waals surface area contributed by atoms with Gasteiger partial charge in [0.15, 0.2) is 0 Å². The molecule has 2 N–H and O–H groups in total. The van der Waals surface area contributed by atoms with E-state index in [-0.39, 0.29) is 35.5 Å². The maximum absolute atomic E-state index is 14.0. The van der Waals surface area contributed by atoms with E-state index in [1.165, 1.54) is 27.7 Å². The van der Waals surface area contributed by atoms with Crippen molar-refractivity contribution in [2.45, 2.75) is 84.1 Å². The Morgan fingerprint density at radius 2 is 1.60 bits per heavy atom. The van der Waals surface area contributed by atoms with Crippen LogP contribution in [0.25, 0.3) is 11.1 Å². The predicted molar refractivity (Wildman–Crippen MR) is 160 cm³/mol. The van der Waals surface area contributed by atoms with E-state index in [0.717, 1.165) is 0 Å². The molecule has 0 spiro atoms. The van der Waals surface area contributed by atoms with Crippen LogP contribution in [0.5, 0.6) is 17.2 Å². The molecule has 2 heterocycles. The molecule has 0 radical (unpaired) electrons. The van der Waals surface area contributed by atoms with E-state index in [2.05, 4.69) is 5.32 Å². The van der Waals surface area contributed by atoms with E-state index in [4.69, 9.17) is 9.47 Å². The summed E-state index contributed by atoms with van der Waals surface area (Å²) >= 11 is 0. The minimum absolute atomic E-state index is 0.203. The number of aryl methyl sites for hydroxylation is 3. The van der Waals surface area contributed by atoms with Gasteiger partial charge in [-0.25, -0.2) is 9.18 Å². The Morgan fingerprint density at radius 1 is 0.953 bits per heavy atom. The molecule has 1 atom stereocenters. The molecule has 0 unspecified atom stereocenters. The van der Waals surface area contributed by atoms with Gasteiger partial charge in [0.1, 0.15) is 29.1 Å². The summed E-state index contributed by atoms with van der Waals surface area (Å²) in [7, 11) is 1.65. The molecule has 3 aromatic rings. The van der Waals surface area contributed by atoms with Crippen LogP contribution in [0.2, 0.25) is 0 Å². The number of carbonyl (C=O) groups excluding carboxylic acids is 2. The zero-order valence-electron chi connectivity index (χ0n) is 25.4. The summed E-state index contributed by atoms with van der Waals surface area (Å²) < 4.78 is 28.3. The minimum atomic E-state index is -1.16. The summed E-state index contributed by atoms with van der Waals surface area (Å²) in [5.41, 5.74) is 1.65. The van der Waals surface area contributed by atoms with Crippen molar-refractivity contribution >= 4 is 11.9 Å². The highest BCUT2D eigenvalue weighted by molar-refractivity contribution is 6.04. The van der Waals surface area contributed by atoms with Crippen molar-refractivity contribution in [1.29, 1.82) is 0 Å². The number of halogens is 1. The topological polar surface area (TPSA) is 110 Å². The number of nitrogens with one attached hydrogen (secondary N) is 1. The van der Waals surface area contributed by atoms with Crippen molar-refractivity contribution in [3.63, 3.8) is 0 Å². The predicted octanol–water partition coefficient (Wildman–Crippen LogP) is 5.46. The van der Waals surface area contributed by atoms with Crippen LogP contribution >= 0.6 is 0 Å². The van der Waals surface area contributed by atoms with Gasteiger partial charge in [-0.15, -0.1) is 0 Å². The van der Waals surface area contributed by atoms with E-state index in [0.29, 0.717) is 70.7 Å². The lowest BCUT2D eigenvalue weighted by Crippen LogP contribution is -2.44. The average Bonchev–Trinajstić information content (AvgIpc) is 3.18. The number of benzene rings is 2. The first kappa shape index (κ1) is 30.3. The molecule has 10 heteroatoms. The average molecular weight is 592 g/mol. The second-order valence-corrected chi connectivity index (χ2v) is 12.2. The fourth-order valence-corrected chi connectivity index (χ4v) is 5.86. The molecule has 1 saturated carbocycles. The van der Waals surface area contributed by atoms with Gasteiger partial charge in [0, 0.05) is 36.5 Å². The van der Waals surface area contributed by atoms with Gasteiger partial charge in [-0.2, -0.15) is 0 Å². The van der Waals surface area contributed by atoms with Gasteiger partial charge in [0.05, 0.1) is 11.7 Å². The molecular weight excluding hydrogens is 553 g/mol. The second-order valence-electron chi connectivity index (χ2n) is 12.2. The first-order valence-electron chi connectivity index (χ1n) is 14.6. The van der Waals surface area contributed by atoms with Crippen molar-refractivity contribution in [2.75, 3.05) is 0 Å². The molecule has 1 aliphatic carbocycles. The van der Waals surface area contributed by atoms with Gasteiger partial charge < -0.3 is 24.5 Å². The van der Waals surface area contributed by atoms with E-state index in [1.54, 1.807) is 60.0 Å². The molecule has 2 aromatic carbocycles. The largest absolute Gasteiger partial charge is 0.490 e. The fourth-order valence-electron chi connectivity index (χ4n) is 5.86. The van der Waals surface area contributed by atoms with Crippen molar-refractivity contribution in [1.82, 2.24) is 14.8 Å². The molecule has 2 fully saturated rings. The molecule has 0 bridgehead atoms. The number of hydrogen-bond acceptors (Lipinski definition) is 6. The summed E-state index contributed by atoms with van der Waals surface area (Å²) in [5, 5.41) is 13.5. The van der Waals surface area contributed by atoms with Crippen LogP contribution < -0.4 is 20.3 Å². The van der Waals surface area contributed by atoms with Gasteiger partial charge in [0.2, 0.25) is 0 Å². The lowest BCUT2D eigenvalue weighted by Gasteiger charge is -2.33. The standard InChI is InChI=1S/C33H38FN3O6/c1-18-13-22(34)14-19(2)30(18)43-27-12-7-21(33(4,5)41)15-25(27)26-17-36(6)29(38)16-28(26)42-24-10-8-23(9-11-24)37-31(39)20(3)35-32(37)40/h7,12-17,20,23-24,41H,8-11H2,1-6H3,(H,35,40)/t20-,23-,24-/m1/s1. The summed E-state index contributed by atoms with van der Waals surface area (Å²) in [6.07, 6.45) is 3.78. The Hall–Kier alpha value is -4.18. The van der Waals surface area contributed by atoms with Crippen molar-refractivity contribution in [2.24, 2.45) is 7.05 Å². The van der Waals surface area contributed by atoms with Crippen molar-refractivity contribution in [3.8, 4) is 28.4 Å². The Morgan fingerprint density at radius 3 is 2.19 bits per heavy atom. The zero-order chi connectivity index (χ0) is 31.2. The van der Waals surface area contributed by atoms with Gasteiger partial charge in [-0.1, -0.05) is 6.07 Å². The normalized spacial score (nSPS) is 20.7. The molecule has 2 aliphatic rings. The number of aliphatic hydroxyl groups is 1. The van der Waals surface area contributed by atoms with Gasteiger partial charge >= 0.3 is 6.03 Å². The third-order valence-corrected chi connectivity index (χ3v) is 8.27. The number of carbonyl (C=O) groups is 2. The third-order valence-electron chi connectivity index (χ3n) is 8.27. The molecule has 3 amide bonds. The lowest BCUT2D eigenvalue weighted by molar-refractivity contribution is -0.129. The number of ether oxygens (including phenoxy) is 2. The summed E-state index contributed by atoms with van der Waals surface area (Å²) in [4.78, 5) is 39.0. The maximum Gasteiger partial charge on any atom is 0.325 e. The van der Waals surface area contributed by atoms with Crippen LogP contribution in [0.15, 0.2) is 47.4 Å². The Kier molecular flexibility index (Phi) is 8.09. The van der Waals surface area contributed by atoms with Crippen LogP contribution in [0.4, 0.5) is 9.18 Å². The molecule has 9 nitrogen and oxygen atoms in total. The smallest absolute Gasteiger partial charge is 0.325 e. The highest BCUT2D eigenvalue weighted by Crippen LogP contribution is 2.42. The first-order chi connectivity index (χ1) is 20.2. The lowest BCUT2D eigenvalue weighted by atomic mass is 9.91. The second kappa shape index (κ2) is 11.5. The third kappa shape index (κ3) is 6.15. The number of hydrogen-bond donors (Lipinski definition) is 2. The highest BCUT2D eigenvalue weighted by Gasteiger charge is 2.41. The van der Waals surface area contributed by atoms with E-state index in [9.17, 15) is 23.9 Å². The zero-order valence-corrected chi connectivity index (χ0v) is 25.4. The van der Waals surface area contributed by atoms with Crippen molar-refractivity contribution < 1.29 is 28.6 Å². The van der Waals surface area contributed by atoms with Gasteiger partial charge in [-0.05, 0) is 101 Å². The summed E-state index contributed by atoms with van der Waals surface area (Å²) in [6, 6.07) is 8.50. The Balaban J connectivity index is 1.50. The van der Waals surface area contributed by atoms with E-state index < -0.39 is 11.6 Å². The Labute approximate surface area is 250 Å². The van der Waals surface area contributed by atoms with Crippen LogP contribution in [0, 0.1) is 19.7 Å². The first-order valence-corrected chi connectivity index (χ1v) is 14.6. The quantitative estimate of drug-likeness (QED) is 0.353. The minimum Gasteiger partial charge on any atom is -0.490 e. The van der Waals surface area contributed by atoms with Crippen LogP contribution in [-0.4, -0.2) is 44.7 Å². The molecule has 5 rings (SSSR count). The van der Waals surface area contributed by atoms with Gasteiger partial charge in [-0.3, -0.25) is 14.5 Å². The summed E-state index contributed by atoms with van der Waals surface area (Å²) in [5.74, 6) is 0.756. The number of rotatable bonds is 7. The number of amides is 3. The number of nitrogens with zero attached hydrogens (tertiary/aromatic N) is 2. The number of aromatic nitrogens is 1. The fraction of sp³-hybridized carbons (Fsp3) is 0.424. The van der Waals surface area contributed by atoms with Crippen LogP contribution in [-0.2, 0) is 17.4 Å².